The molecule has 2 N–H and O–H groups in total. The van der Waals surface area contributed by atoms with Gasteiger partial charge < -0.3 is 19.9 Å². The van der Waals surface area contributed by atoms with Gasteiger partial charge in [0.25, 0.3) is 0 Å². The van der Waals surface area contributed by atoms with Gasteiger partial charge >= 0.3 is 0 Å². The molecule has 0 amide bonds. The Bertz CT molecular complexity index is 357. The third-order valence-corrected chi connectivity index (χ3v) is 2.80. The summed E-state index contributed by atoms with van der Waals surface area (Å²) in [4.78, 5) is 0. The van der Waals surface area contributed by atoms with E-state index in [1.54, 1.807) is 0 Å². The van der Waals surface area contributed by atoms with E-state index in [1.165, 1.54) is 0 Å². The van der Waals surface area contributed by atoms with Crippen LogP contribution in [-0.2, 0) is 4.74 Å². The number of aliphatic hydroxyl groups excluding tert-OH is 1. The summed E-state index contributed by atoms with van der Waals surface area (Å²) in [5, 5.41) is 12.9. The predicted octanol–water partition coefficient (Wildman–Crippen LogP) is 2.67. The minimum Gasteiger partial charge on any atom is -0.491 e. The molecule has 0 aliphatic carbocycles. The zero-order valence-electron chi connectivity index (χ0n) is 12.1. The molecule has 0 aliphatic heterocycles. The van der Waals surface area contributed by atoms with Crippen LogP contribution in [0.25, 0.3) is 0 Å². The molecule has 4 nitrogen and oxygen atoms in total. The third kappa shape index (κ3) is 6.45. The van der Waals surface area contributed by atoms with Crippen molar-refractivity contribution >= 4 is 5.69 Å². The van der Waals surface area contributed by atoms with Crippen molar-refractivity contribution < 1.29 is 14.6 Å². The van der Waals surface area contributed by atoms with Gasteiger partial charge in [0.15, 0.2) is 0 Å². The van der Waals surface area contributed by atoms with Crippen LogP contribution in [0.1, 0.15) is 27.2 Å². The molecule has 19 heavy (non-hydrogen) atoms. The smallest absolute Gasteiger partial charge is 0.121 e. The predicted molar refractivity (Wildman–Crippen MR) is 77.8 cm³/mol. The molecule has 0 saturated carbocycles. The fourth-order valence-electron chi connectivity index (χ4n) is 1.54. The normalized spacial score (nSPS) is 13.9. The lowest BCUT2D eigenvalue weighted by Gasteiger charge is -2.15. The summed E-state index contributed by atoms with van der Waals surface area (Å²) in [5.74, 6) is 0.846. The van der Waals surface area contributed by atoms with Gasteiger partial charge in [0.05, 0.1) is 18.8 Å². The summed E-state index contributed by atoms with van der Waals surface area (Å²) in [7, 11) is 0. The van der Waals surface area contributed by atoms with Gasteiger partial charge in [-0.2, -0.15) is 0 Å². The largest absolute Gasteiger partial charge is 0.491 e. The standard InChI is InChI=1S/C15H25NO3/c1-4-12(3)19-15-8-6-7-13(9-15)16-10-14(17)11-18-5-2/h6-9,12,14,16-17H,4-5,10-11H2,1-3H3. The van der Waals surface area contributed by atoms with E-state index in [0.717, 1.165) is 17.9 Å². The number of nitrogens with one attached hydrogen (secondary N) is 1. The van der Waals surface area contributed by atoms with Crippen LogP contribution in [0.3, 0.4) is 0 Å². The first-order valence-electron chi connectivity index (χ1n) is 6.92. The second kappa shape index (κ2) is 8.77. The summed E-state index contributed by atoms with van der Waals surface area (Å²) in [5.41, 5.74) is 0.941. The summed E-state index contributed by atoms with van der Waals surface area (Å²) in [6.07, 6.45) is 0.683. The lowest BCUT2D eigenvalue weighted by atomic mass is 10.2. The molecule has 0 radical (unpaired) electrons. The molecule has 0 fully saturated rings. The average molecular weight is 267 g/mol. The number of ether oxygens (including phenoxy) is 2. The van der Waals surface area contributed by atoms with E-state index in [-0.39, 0.29) is 6.10 Å². The van der Waals surface area contributed by atoms with Gasteiger partial charge in [0.2, 0.25) is 0 Å². The average Bonchev–Trinajstić information content (AvgIpc) is 2.43. The molecule has 0 heterocycles. The number of anilines is 1. The first kappa shape index (κ1) is 15.8. The van der Waals surface area contributed by atoms with Crippen LogP contribution in [0.15, 0.2) is 24.3 Å². The van der Waals surface area contributed by atoms with Crippen LogP contribution in [-0.4, -0.2) is 37.1 Å². The molecule has 2 atom stereocenters. The minimum atomic E-state index is -0.501. The summed E-state index contributed by atoms with van der Waals surface area (Å²) in [6.45, 7) is 7.49. The van der Waals surface area contributed by atoms with E-state index in [1.807, 2.05) is 38.1 Å². The van der Waals surface area contributed by atoms with Gasteiger partial charge in [-0.05, 0) is 32.4 Å². The monoisotopic (exact) mass is 267 g/mol. The van der Waals surface area contributed by atoms with Crippen molar-refractivity contribution in [1.29, 1.82) is 0 Å². The molecule has 1 rings (SSSR count). The zero-order chi connectivity index (χ0) is 14.1. The van der Waals surface area contributed by atoms with E-state index in [2.05, 4.69) is 12.2 Å². The number of hydrogen-bond donors (Lipinski definition) is 2. The highest BCUT2D eigenvalue weighted by Crippen LogP contribution is 2.19. The molecule has 4 heteroatoms. The van der Waals surface area contributed by atoms with E-state index in [4.69, 9.17) is 9.47 Å². The van der Waals surface area contributed by atoms with E-state index < -0.39 is 6.10 Å². The highest BCUT2D eigenvalue weighted by molar-refractivity contribution is 5.48. The molecule has 0 spiro atoms. The summed E-state index contributed by atoms with van der Waals surface area (Å²) < 4.78 is 10.9. The maximum atomic E-state index is 9.68. The number of rotatable bonds is 9. The molecule has 0 aromatic heterocycles. The SMILES string of the molecule is CCOCC(O)CNc1cccc(OC(C)CC)c1. The molecule has 2 unspecified atom stereocenters. The lowest BCUT2D eigenvalue weighted by Crippen LogP contribution is -2.24. The van der Waals surface area contributed by atoms with Crippen LogP contribution in [0, 0.1) is 0 Å². The second-order valence-electron chi connectivity index (χ2n) is 4.56. The highest BCUT2D eigenvalue weighted by atomic mass is 16.5. The molecular weight excluding hydrogens is 242 g/mol. The van der Waals surface area contributed by atoms with Crippen molar-refractivity contribution in [1.82, 2.24) is 0 Å². The molecule has 1 aromatic carbocycles. The van der Waals surface area contributed by atoms with Crippen molar-refractivity contribution in [2.24, 2.45) is 0 Å². The Hall–Kier alpha value is -1.26. The molecule has 0 aliphatic rings. The Balaban J connectivity index is 2.43. The first-order chi connectivity index (χ1) is 9.15. The Kier molecular flexibility index (Phi) is 7.30. The minimum absolute atomic E-state index is 0.207. The van der Waals surface area contributed by atoms with Crippen molar-refractivity contribution in [2.45, 2.75) is 39.4 Å². The second-order valence-corrected chi connectivity index (χ2v) is 4.56. The van der Waals surface area contributed by atoms with Gasteiger partial charge in [-0.1, -0.05) is 13.0 Å². The summed E-state index contributed by atoms with van der Waals surface area (Å²) in [6, 6.07) is 7.78. The van der Waals surface area contributed by atoms with Crippen molar-refractivity contribution in [2.75, 3.05) is 25.1 Å². The highest BCUT2D eigenvalue weighted by Gasteiger charge is 2.05. The number of hydrogen-bond acceptors (Lipinski definition) is 4. The Morgan fingerprint density at radius 1 is 1.32 bits per heavy atom. The molecule has 0 bridgehead atoms. The fourth-order valence-corrected chi connectivity index (χ4v) is 1.54. The molecule has 0 saturated heterocycles. The maximum Gasteiger partial charge on any atom is 0.121 e. The quantitative estimate of drug-likeness (QED) is 0.722. The number of benzene rings is 1. The molecule has 1 aromatic rings. The first-order valence-corrected chi connectivity index (χ1v) is 6.92. The van der Waals surface area contributed by atoms with Gasteiger partial charge in [-0.3, -0.25) is 0 Å². The van der Waals surface area contributed by atoms with Gasteiger partial charge in [-0.15, -0.1) is 0 Å². The topological polar surface area (TPSA) is 50.7 Å². The van der Waals surface area contributed by atoms with E-state index in [9.17, 15) is 5.11 Å². The van der Waals surface area contributed by atoms with Crippen molar-refractivity contribution in [3.05, 3.63) is 24.3 Å². The van der Waals surface area contributed by atoms with Crippen LogP contribution < -0.4 is 10.1 Å². The fraction of sp³-hybridized carbons (Fsp3) is 0.600. The third-order valence-electron chi connectivity index (χ3n) is 2.80. The van der Waals surface area contributed by atoms with E-state index >= 15 is 0 Å². The van der Waals surface area contributed by atoms with Crippen molar-refractivity contribution in [3.63, 3.8) is 0 Å². The van der Waals surface area contributed by atoms with Crippen LogP contribution in [0.4, 0.5) is 5.69 Å². The zero-order valence-corrected chi connectivity index (χ0v) is 12.1. The maximum absolute atomic E-state index is 9.68. The van der Waals surface area contributed by atoms with Gasteiger partial charge in [0, 0.05) is 24.9 Å². The summed E-state index contributed by atoms with van der Waals surface area (Å²) >= 11 is 0. The van der Waals surface area contributed by atoms with Gasteiger partial charge in [-0.25, -0.2) is 0 Å². The Morgan fingerprint density at radius 3 is 2.79 bits per heavy atom. The molecular formula is C15H25NO3. The lowest BCUT2D eigenvalue weighted by molar-refractivity contribution is 0.0496. The van der Waals surface area contributed by atoms with Crippen LogP contribution in [0.5, 0.6) is 5.75 Å². The van der Waals surface area contributed by atoms with Gasteiger partial charge in [0.1, 0.15) is 5.75 Å². The Labute approximate surface area is 115 Å². The van der Waals surface area contributed by atoms with Crippen LogP contribution >= 0.6 is 0 Å². The molecule has 108 valence electrons. The number of aliphatic hydroxyl groups is 1. The Morgan fingerprint density at radius 2 is 2.11 bits per heavy atom. The van der Waals surface area contributed by atoms with Crippen molar-refractivity contribution in [3.8, 4) is 5.75 Å². The van der Waals surface area contributed by atoms with E-state index in [0.29, 0.717) is 19.8 Å². The van der Waals surface area contributed by atoms with Crippen LogP contribution in [0.2, 0.25) is 0 Å².